The molecule has 0 rings (SSSR count). The summed E-state index contributed by atoms with van der Waals surface area (Å²) in [7, 11) is 1.49. The van der Waals surface area contributed by atoms with Crippen molar-refractivity contribution < 1.29 is 37.5 Å². The van der Waals surface area contributed by atoms with Crippen molar-refractivity contribution in [3.8, 4) is 0 Å². The van der Waals surface area contributed by atoms with Gasteiger partial charge in [-0.2, -0.15) is 0 Å². The standard InChI is InChI=1S/C5H11N2O2.ClH.Hg/c1-4(9-2)3-7-5(6)8;;/h4H,1,3H2,2H3,(H3,6,7,8);1H;/q-1;;+2/p-1. The first-order chi connectivity index (χ1) is 4.16. The molecule has 4 nitrogen and oxygen atoms in total. The SMILES string of the molecule is Cl.[CH2-]C(CN=C(N)[O-])OC.[Hg+2]. The van der Waals surface area contributed by atoms with Gasteiger partial charge in [-0.25, -0.2) is 0 Å². The quantitative estimate of drug-likeness (QED) is 0.299. The van der Waals surface area contributed by atoms with Crippen LogP contribution in [0.5, 0.6) is 0 Å². The van der Waals surface area contributed by atoms with E-state index in [0.29, 0.717) is 0 Å². The molecule has 0 saturated carbocycles. The Labute approximate surface area is 93.1 Å². The summed E-state index contributed by atoms with van der Waals surface area (Å²) in [5.41, 5.74) is 4.71. The van der Waals surface area contributed by atoms with Crippen molar-refractivity contribution in [2.75, 3.05) is 13.7 Å². The van der Waals surface area contributed by atoms with Crippen LogP contribution in [0.3, 0.4) is 0 Å². The molecule has 2 N–H and O–H groups in total. The third-order valence-electron chi connectivity index (χ3n) is 0.784. The zero-order chi connectivity index (χ0) is 7.28. The topological polar surface area (TPSA) is 70.7 Å². The second-order valence-electron chi connectivity index (χ2n) is 1.54. The molecule has 0 aromatic carbocycles. The smallest absolute Gasteiger partial charge is 0.847 e. The van der Waals surface area contributed by atoms with Gasteiger partial charge < -0.3 is 22.5 Å². The van der Waals surface area contributed by atoms with Crippen LogP contribution in [0.1, 0.15) is 0 Å². The fraction of sp³-hybridized carbons (Fsp3) is 0.600. The van der Waals surface area contributed by atoms with Gasteiger partial charge in [-0.3, -0.25) is 4.99 Å². The minimum absolute atomic E-state index is 0. The average Bonchev–Trinajstić information content (AvgIpc) is 1.83. The van der Waals surface area contributed by atoms with E-state index in [0.717, 1.165) is 0 Å². The first-order valence-electron chi connectivity index (χ1n) is 2.49. The van der Waals surface area contributed by atoms with Crippen molar-refractivity contribution in [2.45, 2.75) is 6.10 Å². The number of hydrogen-bond acceptors (Lipinski definition) is 3. The van der Waals surface area contributed by atoms with Crippen LogP contribution in [0.25, 0.3) is 0 Å². The summed E-state index contributed by atoms with van der Waals surface area (Å²) in [5.74, 6) is 0. The molecular formula is C5H11ClHgN2O2. The van der Waals surface area contributed by atoms with E-state index in [4.69, 9.17) is 5.73 Å². The van der Waals surface area contributed by atoms with Gasteiger partial charge in [0.05, 0.1) is 0 Å². The first kappa shape index (κ1) is 17.5. The molecule has 62 valence electrons. The van der Waals surface area contributed by atoms with Crippen LogP contribution in [0.15, 0.2) is 4.99 Å². The number of ether oxygens (including phenoxy) is 1. The number of aliphatic imine (C=N–C) groups is 1. The van der Waals surface area contributed by atoms with Crippen molar-refractivity contribution in [3.63, 3.8) is 0 Å². The van der Waals surface area contributed by atoms with E-state index in [1.807, 2.05) is 0 Å². The van der Waals surface area contributed by atoms with Gasteiger partial charge in [-0.15, -0.1) is 12.4 Å². The average molecular weight is 367 g/mol. The third kappa shape index (κ3) is 13.4. The fourth-order valence-electron chi connectivity index (χ4n) is 0.266. The van der Waals surface area contributed by atoms with Gasteiger partial charge in [-0.05, 0) is 6.10 Å². The second kappa shape index (κ2) is 10.5. The number of halogens is 1. The van der Waals surface area contributed by atoms with Gasteiger partial charge >= 0.3 is 27.7 Å². The molecule has 0 radical (unpaired) electrons. The van der Waals surface area contributed by atoms with Crippen molar-refractivity contribution in [1.29, 1.82) is 0 Å². The number of nitrogens with two attached hydrogens (primary N) is 1. The predicted octanol–water partition coefficient (Wildman–Crippen LogP) is -1.07. The van der Waals surface area contributed by atoms with Crippen LogP contribution < -0.4 is 10.8 Å². The van der Waals surface area contributed by atoms with Gasteiger partial charge in [0.25, 0.3) is 0 Å². The number of amidine groups is 1. The van der Waals surface area contributed by atoms with E-state index in [9.17, 15) is 5.11 Å². The van der Waals surface area contributed by atoms with Crippen molar-refractivity contribution in [3.05, 3.63) is 6.92 Å². The normalized spacial score (nSPS) is 12.7. The Kier molecular flexibility index (Phi) is 16.6. The molecule has 0 aliphatic heterocycles. The minimum atomic E-state index is -0.680. The largest absolute Gasteiger partial charge is 2.00 e. The Hall–Kier alpha value is 0.455. The zero-order valence-corrected chi connectivity index (χ0v) is 12.8. The van der Waals surface area contributed by atoms with Crippen LogP contribution >= 0.6 is 12.4 Å². The molecule has 0 aromatic heterocycles. The van der Waals surface area contributed by atoms with E-state index in [1.54, 1.807) is 0 Å². The fourth-order valence-corrected chi connectivity index (χ4v) is 0.266. The summed E-state index contributed by atoms with van der Waals surface area (Å²) in [6, 6.07) is -0.680. The molecule has 0 aliphatic carbocycles. The Morgan fingerprint density at radius 1 is 1.82 bits per heavy atom. The van der Waals surface area contributed by atoms with Crippen LogP contribution in [0.2, 0.25) is 0 Å². The van der Waals surface area contributed by atoms with E-state index in [2.05, 4.69) is 16.7 Å². The van der Waals surface area contributed by atoms with Gasteiger partial charge in [0.2, 0.25) is 0 Å². The van der Waals surface area contributed by atoms with Crippen LogP contribution in [0.4, 0.5) is 0 Å². The molecule has 0 fully saturated rings. The summed E-state index contributed by atoms with van der Waals surface area (Å²) in [6.45, 7) is 3.73. The molecule has 11 heavy (non-hydrogen) atoms. The first-order valence-corrected chi connectivity index (χ1v) is 2.49. The van der Waals surface area contributed by atoms with Gasteiger partial charge in [-0.1, -0.05) is 0 Å². The number of methoxy groups -OCH3 is 1. The van der Waals surface area contributed by atoms with Crippen molar-refractivity contribution >= 4 is 18.4 Å². The molecule has 1 unspecified atom stereocenters. The maximum Gasteiger partial charge on any atom is 2.00 e. The van der Waals surface area contributed by atoms with Crippen LogP contribution in [-0.2, 0) is 32.4 Å². The van der Waals surface area contributed by atoms with Gasteiger partial charge in [0, 0.05) is 19.7 Å². The van der Waals surface area contributed by atoms with Gasteiger partial charge in [0.1, 0.15) is 0 Å². The molecule has 0 saturated heterocycles. The zero-order valence-electron chi connectivity index (χ0n) is 6.45. The molecule has 1 atom stereocenters. The maximum absolute atomic E-state index is 9.99. The minimum Gasteiger partial charge on any atom is -0.847 e. The monoisotopic (exact) mass is 368 g/mol. The Balaban J connectivity index is -0.000000320. The molecule has 0 aliphatic rings. The summed E-state index contributed by atoms with van der Waals surface area (Å²) in [4.78, 5) is 3.35. The molecule has 0 spiro atoms. The number of hydrogen-bond donors (Lipinski definition) is 1. The van der Waals surface area contributed by atoms with E-state index < -0.39 is 6.02 Å². The van der Waals surface area contributed by atoms with E-state index >= 15 is 0 Å². The van der Waals surface area contributed by atoms with Crippen molar-refractivity contribution in [2.24, 2.45) is 10.7 Å². The number of rotatable bonds is 3. The Morgan fingerprint density at radius 3 is 2.55 bits per heavy atom. The maximum atomic E-state index is 9.99. The van der Waals surface area contributed by atoms with Crippen molar-refractivity contribution in [1.82, 2.24) is 0 Å². The second-order valence-corrected chi connectivity index (χ2v) is 1.54. The molecule has 0 bridgehead atoms. The van der Waals surface area contributed by atoms with Gasteiger partial charge in [0.15, 0.2) is 0 Å². The molecule has 0 amide bonds. The molecular weight excluding hydrogens is 356 g/mol. The summed E-state index contributed by atoms with van der Waals surface area (Å²) >= 11 is 0. The van der Waals surface area contributed by atoms with E-state index in [1.165, 1.54) is 7.11 Å². The summed E-state index contributed by atoms with van der Waals surface area (Å²) in [6.07, 6.45) is -0.280. The van der Waals surface area contributed by atoms with E-state index in [-0.39, 0.29) is 52.7 Å². The van der Waals surface area contributed by atoms with Crippen LogP contribution in [-0.4, -0.2) is 25.8 Å². The van der Waals surface area contributed by atoms with Crippen LogP contribution in [0, 0.1) is 6.92 Å². The summed E-state index contributed by atoms with van der Waals surface area (Å²) < 4.78 is 4.69. The molecule has 0 heterocycles. The third-order valence-corrected chi connectivity index (χ3v) is 0.784. The molecule has 6 heteroatoms. The summed E-state index contributed by atoms with van der Waals surface area (Å²) in [5, 5.41) is 9.99. The number of nitrogens with zero attached hydrogens (tertiary/aromatic N) is 1. The predicted molar refractivity (Wildman–Crippen MR) is 39.9 cm³/mol. The Bertz CT molecular complexity index is 109. The molecule has 0 aromatic rings. The Morgan fingerprint density at radius 2 is 2.27 bits per heavy atom.